The molecule has 2 aromatic carbocycles. The van der Waals surface area contributed by atoms with Gasteiger partial charge in [-0.1, -0.05) is 18.2 Å². The third-order valence-corrected chi connectivity index (χ3v) is 3.63. The first-order chi connectivity index (χ1) is 10.9. The van der Waals surface area contributed by atoms with Crippen LogP contribution in [0.25, 0.3) is 0 Å². The maximum Gasteiger partial charge on any atom is 0.244 e. The minimum Gasteiger partial charge on any atom is -0.322 e. The third kappa shape index (κ3) is 4.16. The maximum absolute atomic E-state index is 13.6. The van der Waals surface area contributed by atoms with Crippen molar-refractivity contribution in [1.29, 1.82) is 0 Å². The van der Waals surface area contributed by atoms with Crippen molar-refractivity contribution in [3.63, 3.8) is 0 Å². The lowest BCUT2D eigenvalue weighted by Gasteiger charge is -2.21. The normalized spacial score (nSPS) is 10.3. The quantitative estimate of drug-likeness (QED) is 0.940. The van der Waals surface area contributed by atoms with Crippen LogP contribution in [0, 0.1) is 19.7 Å². The van der Waals surface area contributed by atoms with E-state index in [0.29, 0.717) is 5.69 Å². The number of benzene rings is 2. The Hall–Kier alpha value is -2.69. The van der Waals surface area contributed by atoms with E-state index >= 15 is 0 Å². The average Bonchev–Trinajstić information content (AvgIpc) is 2.50. The molecule has 0 aliphatic carbocycles. The number of nitrogens with zero attached hydrogens (tertiary/aromatic N) is 1. The van der Waals surface area contributed by atoms with Crippen LogP contribution in [0.2, 0.25) is 0 Å². The predicted octanol–water partition coefficient (Wildman–Crippen LogP) is 3.43. The summed E-state index contributed by atoms with van der Waals surface area (Å²) in [6, 6.07) is 11.5. The van der Waals surface area contributed by atoms with E-state index in [-0.39, 0.29) is 18.1 Å². The molecule has 0 fully saturated rings. The average molecular weight is 314 g/mol. The second-order valence-corrected chi connectivity index (χ2v) is 5.40. The van der Waals surface area contributed by atoms with Gasteiger partial charge < -0.3 is 10.2 Å². The summed E-state index contributed by atoms with van der Waals surface area (Å²) in [5, 5.41) is 2.48. The molecule has 120 valence electrons. The minimum absolute atomic E-state index is 0.0982. The van der Waals surface area contributed by atoms with E-state index in [1.165, 1.54) is 24.0 Å². The fraction of sp³-hybridized carbons (Fsp3) is 0.222. The molecular formula is C18H19FN2O2. The summed E-state index contributed by atoms with van der Waals surface area (Å²) in [4.78, 5) is 25.4. The van der Waals surface area contributed by atoms with Crippen molar-refractivity contribution in [3.05, 3.63) is 59.4 Å². The number of amides is 2. The Labute approximate surface area is 134 Å². The molecule has 4 nitrogen and oxygen atoms in total. The van der Waals surface area contributed by atoms with Crippen molar-refractivity contribution in [3.8, 4) is 0 Å². The summed E-state index contributed by atoms with van der Waals surface area (Å²) >= 11 is 0. The second-order valence-electron chi connectivity index (χ2n) is 5.40. The highest BCUT2D eigenvalue weighted by Gasteiger charge is 2.17. The molecule has 5 heteroatoms. The Kier molecular flexibility index (Phi) is 5.11. The highest BCUT2D eigenvalue weighted by atomic mass is 19.1. The molecule has 23 heavy (non-hydrogen) atoms. The monoisotopic (exact) mass is 314 g/mol. The molecule has 0 saturated carbocycles. The molecular weight excluding hydrogens is 295 g/mol. The van der Waals surface area contributed by atoms with Gasteiger partial charge in [-0.2, -0.15) is 0 Å². The number of nitrogens with one attached hydrogen (secondary N) is 1. The SMILES string of the molecule is CC(=O)N(CC(=O)Nc1ccccc1F)c1ccc(C)c(C)c1. The van der Waals surface area contributed by atoms with Gasteiger partial charge in [0.05, 0.1) is 5.69 Å². The molecule has 0 atom stereocenters. The Morgan fingerprint density at radius 2 is 1.78 bits per heavy atom. The molecule has 2 amide bonds. The highest BCUT2D eigenvalue weighted by Crippen LogP contribution is 2.19. The second kappa shape index (κ2) is 7.05. The molecule has 0 aliphatic heterocycles. The number of hydrogen-bond acceptors (Lipinski definition) is 2. The van der Waals surface area contributed by atoms with E-state index < -0.39 is 11.7 Å². The van der Waals surface area contributed by atoms with Crippen LogP contribution >= 0.6 is 0 Å². The third-order valence-electron chi connectivity index (χ3n) is 3.63. The lowest BCUT2D eigenvalue weighted by molar-refractivity contribution is -0.120. The van der Waals surface area contributed by atoms with Crippen LogP contribution in [-0.2, 0) is 9.59 Å². The Morgan fingerprint density at radius 3 is 2.39 bits per heavy atom. The van der Waals surface area contributed by atoms with E-state index in [1.54, 1.807) is 18.2 Å². The summed E-state index contributed by atoms with van der Waals surface area (Å²) in [5.41, 5.74) is 2.88. The first kappa shape index (κ1) is 16.7. The fourth-order valence-corrected chi connectivity index (χ4v) is 2.17. The summed E-state index contributed by atoms with van der Waals surface area (Å²) < 4.78 is 13.6. The maximum atomic E-state index is 13.6. The number of carbonyl (C=O) groups excluding carboxylic acids is 2. The lowest BCUT2D eigenvalue weighted by atomic mass is 10.1. The van der Waals surface area contributed by atoms with Gasteiger partial charge in [0.15, 0.2) is 0 Å². The van der Waals surface area contributed by atoms with Crippen molar-refractivity contribution in [2.75, 3.05) is 16.8 Å². The molecule has 0 aliphatic rings. The summed E-state index contributed by atoms with van der Waals surface area (Å²) in [6.07, 6.45) is 0. The Morgan fingerprint density at radius 1 is 1.09 bits per heavy atom. The molecule has 2 rings (SSSR count). The van der Waals surface area contributed by atoms with Crippen LogP contribution in [0.15, 0.2) is 42.5 Å². The first-order valence-electron chi connectivity index (χ1n) is 7.28. The van der Waals surface area contributed by atoms with Gasteiger partial charge >= 0.3 is 0 Å². The van der Waals surface area contributed by atoms with Crippen molar-refractivity contribution >= 4 is 23.2 Å². The van der Waals surface area contributed by atoms with Crippen LogP contribution in [0.4, 0.5) is 15.8 Å². The van der Waals surface area contributed by atoms with Crippen LogP contribution in [0.3, 0.4) is 0 Å². The van der Waals surface area contributed by atoms with E-state index in [4.69, 9.17) is 0 Å². The molecule has 0 bridgehead atoms. The zero-order valence-electron chi connectivity index (χ0n) is 13.4. The van der Waals surface area contributed by atoms with Gasteiger partial charge in [-0.3, -0.25) is 9.59 Å². The van der Waals surface area contributed by atoms with Gasteiger partial charge in [-0.15, -0.1) is 0 Å². The predicted molar refractivity (Wildman–Crippen MR) is 89.0 cm³/mol. The molecule has 0 spiro atoms. The number of para-hydroxylation sites is 1. The van der Waals surface area contributed by atoms with E-state index in [9.17, 15) is 14.0 Å². The van der Waals surface area contributed by atoms with Crippen LogP contribution in [0.5, 0.6) is 0 Å². The smallest absolute Gasteiger partial charge is 0.244 e. The Bertz CT molecular complexity index is 744. The standard InChI is InChI=1S/C18H19FN2O2/c1-12-8-9-15(10-13(12)2)21(14(3)22)11-18(23)20-17-7-5-4-6-16(17)19/h4-10H,11H2,1-3H3,(H,20,23). The van der Waals surface area contributed by atoms with Gasteiger partial charge in [-0.25, -0.2) is 4.39 Å². The largest absolute Gasteiger partial charge is 0.322 e. The van der Waals surface area contributed by atoms with Crippen molar-refractivity contribution < 1.29 is 14.0 Å². The van der Waals surface area contributed by atoms with Gasteiger partial charge in [0.1, 0.15) is 12.4 Å². The molecule has 1 N–H and O–H groups in total. The van der Waals surface area contributed by atoms with Crippen molar-refractivity contribution in [2.24, 2.45) is 0 Å². The fourth-order valence-electron chi connectivity index (χ4n) is 2.17. The topological polar surface area (TPSA) is 49.4 Å². The van der Waals surface area contributed by atoms with Crippen LogP contribution < -0.4 is 10.2 Å². The van der Waals surface area contributed by atoms with Gasteiger partial charge in [-0.05, 0) is 49.2 Å². The van der Waals surface area contributed by atoms with E-state index in [2.05, 4.69) is 5.32 Å². The summed E-state index contributed by atoms with van der Waals surface area (Å²) in [5.74, 6) is -1.22. The molecule has 0 unspecified atom stereocenters. The molecule has 0 heterocycles. The highest BCUT2D eigenvalue weighted by molar-refractivity contribution is 6.01. The van der Waals surface area contributed by atoms with Gasteiger partial charge in [0.2, 0.25) is 11.8 Å². The minimum atomic E-state index is -0.513. The number of rotatable bonds is 4. The zero-order valence-corrected chi connectivity index (χ0v) is 13.4. The van der Waals surface area contributed by atoms with Crippen molar-refractivity contribution in [2.45, 2.75) is 20.8 Å². The number of halogens is 1. The van der Waals surface area contributed by atoms with Gasteiger partial charge in [0, 0.05) is 12.6 Å². The number of aryl methyl sites for hydroxylation is 2. The zero-order chi connectivity index (χ0) is 17.0. The molecule has 0 saturated heterocycles. The van der Waals surface area contributed by atoms with E-state index in [1.807, 2.05) is 26.0 Å². The van der Waals surface area contributed by atoms with Gasteiger partial charge in [0.25, 0.3) is 0 Å². The summed E-state index contributed by atoms with van der Waals surface area (Å²) in [7, 11) is 0. The number of anilines is 2. The number of carbonyl (C=O) groups is 2. The molecule has 0 aromatic heterocycles. The number of hydrogen-bond donors (Lipinski definition) is 1. The van der Waals surface area contributed by atoms with Crippen LogP contribution in [-0.4, -0.2) is 18.4 Å². The Balaban J connectivity index is 2.16. The van der Waals surface area contributed by atoms with Crippen LogP contribution in [0.1, 0.15) is 18.1 Å². The van der Waals surface area contributed by atoms with Crippen molar-refractivity contribution in [1.82, 2.24) is 0 Å². The first-order valence-corrected chi connectivity index (χ1v) is 7.28. The molecule has 0 radical (unpaired) electrons. The lowest BCUT2D eigenvalue weighted by Crippen LogP contribution is -2.36. The van der Waals surface area contributed by atoms with E-state index in [0.717, 1.165) is 11.1 Å². The molecule has 2 aromatic rings. The summed E-state index contributed by atoms with van der Waals surface area (Å²) in [6.45, 7) is 5.14.